The predicted molar refractivity (Wildman–Crippen MR) is 102 cm³/mol. The summed E-state index contributed by atoms with van der Waals surface area (Å²) in [6.45, 7) is 5.20. The lowest BCUT2D eigenvalue weighted by Crippen LogP contribution is -2.50. The molecule has 2 aromatic rings. The molecule has 3 heterocycles. The van der Waals surface area contributed by atoms with Gasteiger partial charge in [0.2, 0.25) is 5.91 Å². The molecule has 1 fully saturated rings. The third kappa shape index (κ3) is 4.69. The molecule has 0 atom stereocenters. The number of thiazole rings is 1. The topological polar surface area (TPSA) is 90.5 Å². The number of rotatable bonds is 5. The average Bonchev–Trinajstić information content (AvgIpc) is 3.09. The summed E-state index contributed by atoms with van der Waals surface area (Å²) in [5.41, 5.74) is 0.663. The summed E-state index contributed by atoms with van der Waals surface area (Å²) in [4.78, 5) is 36.6. The number of nitrogens with one attached hydrogen (secondary N) is 2. The first-order valence-electron chi connectivity index (χ1n) is 8.58. The van der Waals surface area contributed by atoms with E-state index >= 15 is 0 Å². The van der Waals surface area contributed by atoms with Crippen LogP contribution in [-0.4, -0.2) is 59.5 Å². The van der Waals surface area contributed by atoms with E-state index in [4.69, 9.17) is 0 Å². The molecule has 3 rings (SSSR count). The molecule has 2 aromatic heterocycles. The van der Waals surface area contributed by atoms with Crippen molar-refractivity contribution in [2.75, 3.05) is 42.9 Å². The second-order valence-corrected chi connectivity index (χ2v) is 6.72. The predicted octanol–water partition coefficient (Wildman–Crippen LogP) is 1.57. The van der Waals surface area contributed by atoms with Gasteiger partial charge in [-0.3, -0.25) is 10.1 Å². The molecular formula is C17H22N6O2S. The lowest BCUT2D eigenvalue weighted by Gasteiger charge is -2.35. The van der Waals surface area contributed by atoms with Crippen LogP contribution >= 0.6 is 11.3 Å². The monoisotopic (exact) mass is 374 g/mol. The number of carbonyl (C=O) groups excluding carboxylic acids is 2. The Morgan fingerprint density at radius 3 is 2.73 bits per heavy atom. The number of carbonyl (C=O) groups is 2. The molecule has 1 aliphatic rings. The number of aromatic nitrogens is 2. The molecule has 2 N–H and O–H groups in total. The number of piperazine rings is 1. The smallest absolute Gasteiger partial charge is 0.323 e. The summed E-state index contributed by atoms with van der Waals surface area (Å²) >= 11 is 1.33. The normalized spacial score (nSPS) is 14.2. The van der Waals surface area contributed by atoms with Gasteiger partial charge >= 0.3 is 6.03 Å². The van der Waals surface area contributed by atoms with E-state index in [0.717, 1.165) is 18.9 Å². The number of likely N-dealkylation sites (N-methyl/N-ethyl adjacent to an activating group) is 1. The Kier molecular flexibility index (Phi) is 6.00. The molecule has 138 valence electrons. The van der Waals surface area contributed by atoms with Crippen molar-refractivity contribution >= 4 is 34.2 Å². The van der Waals surface area contributed by atoms with Gasteiger partial charge in [0.05, 0.1) is 12.1 Å². The molecule has 9 heteroatoms. The quantitative estimate of drug-likeness (QED) is 0.829. The van der Waals surface area contributed by atoms with E-state index in [1.807, 2.05) is 25.1 Å². The second kappa shape index (κ2) is 8.61. The zero-order valence-electron chi connectivity index (χ0n) is 14.6. The second-order valence-electron chi connectivity index (χ2n) is 5.87. The fraction of sp³-hybridized carbons (Fsp3) is 0.412. The fourth-order valence-corrected chi connectivity index (χ4v) is 3.42. The maximum atomic E-state index is 12.4. The Hall–Kier alpha value is -2.68. The molecule has 0 bridgehead atoms. The number of amides is 3. The van der Waals surface area contributed by atoms with Crippen LogP contribution in [0.25, 0.3) is 0 Å². The van der Waals surface area contributed by atoms with Crippen LogP contribution in [0.1, 0.15) is 12.6 Å². The Morgan fingerprint density at radius 2 is 2.04 bits per heavy atom. The minimum absolute atomic E-state index is 0.0682. The van der Waals surface area contributed by atoms with Crippen LogP contribution in [0.15, 0.2) is 29.8 Å². The summed E-state index contributed by atoms with van der Waals surface area (Å²) in [7, 11) is 0. The largest absolute Gasteiger partial charge is 0.356 e. The van der Waals surface area contributed by atoms with E-state index in [2.05, 4.69) is 25.5 Å². The summed E-state index contributed by atoms with van der Waals surface area (Å²) in [6.07, 6.45) is 2.00. The van der Waals surface area contributed by atoms with Crippen molar-refractivity contribution in [1.82, 2.24) is 20.2 Å². The molecule has 1 aliphatic heterocycles. The van der Waals surface area contributed by atoms with Gasteiger partial charge < -0.3 is 15.1 Å². The van der Waals surface area contributed by atoms with Gasteiger partial charge in [-0.15, -0.1) is 11.3 Å². The third-order valence-corrected chi connectivity index (χ3v) is 4.83. The first-order chi connectivity index (χ1) is 12.7. The minimum Gasteiger partial charge on any atom is -0.356 e. The lowest BCUT2D eigenvalue weighted by atomic mass is 10.3. The van der Waals surface area contributed by atoms with Crippen LogP contribution in [0.3, 0.4) is 0 Å². The minimum atomic E-state index is -0.162. The van der Waals surface area contributed by atoms with E-state index in [0.29, 0.717) is 30.5 Å². The van der Waals surface area contributed by atoms with Gasteiger partial charge in [0, 0.05) is 44.3 Å². The van der Waals surface area contributed by atoms with Gasteiger partial charge in [-0.25, -0.2) is 14.8 Å². The zero-order chi connectivity index (χ0) is 18.4. The molecule has 0 radical (unpaired) electrons. The van der Waals surface area contributed by atoms with Gasteiger partial charge in [-0.05, 0) is 19.1 Å². The highest BCUT2D eigenvalue weighted by molar-refractivity contribution is 7.13. The van der Waals surface area contributed by atoms with Crippen molar-refractivity contribution in [2.24, 2.45) is 0 Å². The summed E-state index contributed by atoms with van der Waals surface area (Å²) < 4.78 is 0. The summed E-state index contributed by atoms with van der Waals surface area (Å²) in [5, 5.41) is 7.86. The molecule has 0 aromatic carbocycles. The van der Waals surface area contributed by atoms with Crippen molar-refractivity contribution in [3.63, 3.8) is 0 Å². The molecule has 26 heavy (non-hydrogen) atoms. The number of pyridine rings is 1. The van der Waals surface area contributed by atoms with Crippen molar-refractivity contribution < 1.29 is 9.59 Å². The Morgan fingerprint density at radius 1 is 1.23 bits per heavy atom. The van der Waals surface area contributed by atoms with Crippen LogP contribution < -0.4 is 15.5 Å². The van der Waals surface area contributed by atoms with E-state index < -0.39 is 0 Å². The number of anilines is 2. The highest BCUT2D eigenvalue weighted by Crippen LogP contribution is 2.18. The third-order valence-electron chi connectivity index (χ3n) is 4.02. The highest BCUT2D eigenvalue weighted by atomic mass is 32.1. The van der Waals surface area contributed by atoms with E-state index in [1.165, 1.54) is 11.3 Å². The van der Waals surface area contributed by atoms with Crippen molar-refractivity contribution in [3.05, 3.63) is 35.5 Å². The maximum absolute atomic E-state index is 12.4. The Bertz CT molecular complexity index is 743. The van der Waals surface area contributed by atoms with Crippen molar-refractivity contribution in [2.45, 2.75) is 13.3 Å². The Balaban J connectivity index is 1.49. The lowest BCUT2D eigenvalue weighted by molar-refractivity contribution is -0.120. The van der Waals surface area contributed by atoms with Crippen LogP contribution in [0, 0.1) is 0 Å². The summed E-state index contributed by atoms with van der Waals surface area (Å²) in [6, 6.07) is 5.66. The van der Waals surface area contributed by atoms with Crippen molar-refractivity contribution in [1.29, 1.82) is 0 Å². The van der Waals surface area contributed by atoms with E-state index in [1.54, 1.807) is 16.5 Å². The average molecular weight is 374 g/mol. The molecule has 3 amide bonds. The summed E-state index contributed by atoms with van der Waals surface area (Å²) in [5.74, 6) is 0.865. The van der Waals surface area contributed by atoms with Crippen LogP contribution in [0.2, 0.25) is 0 Å². The number of hydrogen-bond donors (Lipinski definition) is 2. The molecule has 1 saturated heterocycles. The van der Waals surface area contributed by atoms with E-state index in [-0.39, 0.29) is 18.4 Å². The molecule has 0 unspecified atom stereocenters. The molecule has 0 saturated carbocycles. The Labute approximate surface area is 156 Å². The van der Waals surface area contributed by atoms with E-state index in [9.17, 15) is 9.59 Å². The molecule has 0 aliphatic carbocycles. The molecular weight excluding hydrogens is 352 g/mol. The van der Waals surface area contributed by atoms with Gasteiger partial charge in [-0.2, -0.15) is 0 Å². The van der Waals surface area contributed by atoms with Gasteiger partial charge in [-0.1, -0.05) is 6.07 Å². The number of hydrogen-bond acceptors (Lipinski definition) is 6. The standard InChI is InChI=1S/C17H22N6O2S/c1-2-18-15(24)11-13-12-26-16(20-13)21-17(25)23-9-7-22(8-10-23)14-5-3-4-6-19-14/h3-6,12H,2,7-11H2,1H3,(H,18,24)(H,20,21,25). The van der Waals surface area contributed by atoms with Crippen molar-refractivity contribution in [3.8, 4) is 0 Å². The first-order valence-corrected chi connectivity index (χ1v) is 9.46. The number of urea groups is 1. The highest BCUT2D eigenvalue weighted by Gasteiger charge is 2.22. The fourth-order valence-electron chi connectivity index (χ4n) is 2.72. The maximum Gasteiger partial charge on any atom is 0.323 e. The van der Waals surface area contributed by atoms with Gasteiger partial charge in [0.1, 0.15) is 5.82 Å². The van der Waals surface area contributed by atoms with Crippen LogP contribution in [0.4, 0.5) is 15.7 Å². The van der Waals surface area contributed by atoms with Crippen LogP contribution in [0.5, 0.6) is 0 Å². The van der Waals surface area contributed by atoms with Gasteiger partial charge in [0.25, 0.3) is 0 Å². The SMILES string of the molecule is CCNC(=O)Cc1csc(NC(=O)N2CCN(c3ccccn3)CC2)n1. The van der Waals surface area contributed by atoms with Crippen LogP contribution in [-0.2, 0) is 11.2 Å². The molecule has 8 nitrogen and oxygen atoms in total. The molecule has 0 spiro atoms. The number of nitrogens with zero attached hydrogens (tertiary/aromatic N) is 4. The van der Waals surface area contributed by atoms with Gasteiger partial charge in [0.15, 0.2) is 5.13 Å². The zero-order valence-corrected chi connectivity index (χ0v) is 15.5. The first kappa shape index (κ1) is 18.1.